The average molecular weight is 350 g/mol. The number of nitrogens with one attached hydrogen (secondary N) is 3. The van der Waals surface area contributed by atoms with Crippen LogP contribution >= 0.6 is 0 Å². The van der Waals surface area contributed by atoms with Crippen LogP contribution in [-0.4, -0.2) is 31.2 Å². The van der Waals surface area contributed by atoms with Gasteiger partial charge in [-0.05, 0) is 23.6 Å². The molecule has 2 aromatic rings. The number of ether oxygens (including phenoxy) is 1. The zero-order valence-electron chi connectivity index (χ0n) is 13.1. The van der Waals surface area contributed by atoms with Crippen molar-refractivity contribution in [2.24, 2.45) is 0 Å². The number of hydrogen-bond donors (Lipinski definition) is 3. The molecule has 0 radical (unpaired) electrons. The van der Waals surface area contributed by atoms with Crippen molar-refractivity contribution in [3.05, 3.63) is 46.6 Å². The Morgan fingerprint density at radius 2 is 2.12 bits per heavy atom. The molecule has 0 atom stereocenters. The molecule has 0 amide bonds. The summed E-state index contributed by atoms with van der Waals surface area (Å²) in [5.74, 6) is -0.727. The molecule has 9 heteroatoms. The first-order valence-corrected chi connectivity index (χ1v) is 9.01. The van der Waals surface area contributed by atoms with E-state index in [1.807, 2.05) is 18.2 Å². The summed E-state index contributed by atoms with van der Waals surface area (Å²) in [6.45, 7) is 3.53. The van der Waals surface area contributed by atoms with Crippen molar-refractivity contribution in [2.75, 3.05) is 6.61 Å². The number of carbonyl (C=O) groups is 1. The molecule has 3 rings (SSSR count). The molecule has 2 heterocycles. The first-order chi connectivity index (χ1) is 11.5. The van der Waals surface area contributed by atoms with Gasteiger partial charge in [0.2, 0.25) is 0 Å². The minimum absolute atomic E-state index is 0.109. The molecular formula is C15H18N4O4S. The molecule has 8 nitrogen and oxygen atoms in total. The van der Waals surface area contributed by atoms with E-state index in [1.54, 1.807) is 6.92 Å². The molecule has 0 bridgehead atoms. The Hall–Kier alpha value is -2.23. The Morgan fingerprint density at radius 3 is 2.92 bits per heavy atom. The number of nitrogens with zero attached hydrogens (tertiary/aromatic N) is 1. The van der Waals surface area contributed by atoms with Crippen molar-refractivity contribution in [1.82, 2.24) is 20.2 Å². The maximum absolute atomic E-state index is 12.4. The van der Waals surface area contributed by atoms with E-state index in [9.17, 15) is 13.2 Å². The van der Waals surface area contributed by atoms with Crippen molar-refractivity contribution in [3.8, 4) is 0 Å². The molecule has 0 saturated carbocycles. The first kappa shape index (κ1) is 16.6. The quantitative estimate of drug-likeness (QED) is 0.660. The Bertz CT molecular complexity index is 860. The second-order valence-corrected chi connectivity index (χ2v) is 7.07. The Kier molecular flexibility index (Phi) is 4.65. The summed E-state index contributed by atoms with van der Waals surface area (Å²) in [5.41, 5.74) is 3.13. The molecule has 1 aromatic heterocycles. The molecular weight excluding hydrogens is 332 g/mol. The lowest BCUT2D eigenvalue weighted by Gasteiger charge is -2.08. The summed E-state index contributed by atoms with van der Waals surface area (Å²) < 4.78 is 32.2. The van der Waals surface area contributed by atoms with Crippen LogP contribution in [0, 0.1) is 0 Å². The van der Waals surface area contributed by atoms with Gasteiger partial charge in [-0.3, -0.25) is 5.10 Å². The van der Waals surface area contributed by atoms with E-state index in [2.05, 4.69) is 20.2 Å². The Morgan fingerprint density at radius 1 is 1.33 bits per heavy atom. The number of H-pyrrole nitrogens is 1. The van der Waals surface area contributed by atoms with Crippen LogP contribution in [0.15, 0.2) is 29.4 Å². The number of hydrogen-bond acceptors (Lipinski definition) is 6. The predicted molar refractivity (Wildman–Crippen MR) is 85.6 cm³/mol. The van der Waals surface area contributed by atoms with Crippen LogP contribution in [0.25, 0.3) is 0 Å². The molecule has 0 saturated heterocycles. The van der Waals surface area contributed by atoms with E-state index in [1.165, 1.54) is 11.1 Å². The number of benzene rings is 1. The highest BCUT2D eigenvalue weighted by Gasteiger charge is 2.25. The van der Waals surface area contributed by atoms with Gasteiger partial charge in [-0.15, -0.1) is 0 Å². The molecule has 1 aromatic carbocycles. The van der Waals surface area contributed by atoms with E-state index < -0.39 is 16.0 Å². The van der Waals surface area contributed by atoms with E-state index in [-0.39, 0.29) is 23.7 Å². The van der Waals surface area contributed by atoms with Gasteiger partial charge in [0.25, 0.3) is 10.0 Å². The summed E-state index contributed by atoms with van der Waals surface area (Å²) in [7, 11) is -3.91. The number of sulfonamides is 1. The maximum atomic E-state index is 12.4. The standard InChI is InChI=1S/C15H18N4O4S/c1-2-23-15(20)13-9-17-19-14(13)24(21,22)18-6-10-3-4-11-7-16-8-12(11)5-10/h3-5,9,16,18H,2,6-8H2,1H3,(H,17,19). The normalized spacial score (nSPS) is 13.7. The number of esters is 1. The third-order valence-electron chi connectivity index (χ3n) is 3.74. The van der Waals surface area contributed by atoms with Gasteiger partial charge >= 0.3 is 5.97 Å². The van der Waals surface area contributed by atoms with Crippen LogP contribution in [0.1, 0.15) is 34.0 Å². The lowest BCUT2D eigenvalue weighted by atomic mass is 10.1. The number of aromatic nitrogens is 2. The van der Waals surface area contributed by atoms with E-state index in [4.69, 9.17) is 4.74 Å². The van der Waals surface area contributed by atoms with Crippen LogP contribution in [0.5, 0.6) is 0 Å². The van der Waals surface area contributed by atoms with Gasteiger partial charge in [0.1, 0.15) is 5.56 Å². The highest BCUT2D eigenvalue weighted by molar-refractivity contribution is 7.89. The van der Waals surface area contributed by atoms with Crippen LogP contribution in [-0.2, 0) is 34.4 Å². The third-order valence-corrected chi connectivity index (χ3v) is 5.11. The van der Waals surface area contributed by atoms with Gasteiger partial charge in [0, 0.05) is 19.6 Å². The number of aromatic amines is 1. The molecule has 1 aliphatic heterocycles. The van der Waals surface area contributed by atoms with Crippen molar-refractivity contribution >= 4 is 16.0 Å². The van der Waals surface area contributed by atoms with Crippen molar-refractivity contribution < 1.29 is 17.9 Å². The summed E-state index contributed by atoms with van der Waals surface area (Å²) in [6, 6.07) is 5.84. The number of carbonyl (C=O) groups excluding carboxylic acids is 1. The van der Waals surface area contributed by atoms with Crippen LogP contribution in [0.4, 0.5) is 0 Å². The lowest BCUT2D eigenvalue weighted by Crippen LogP contribution is -2.25. The molecule has 1 aliphatic rings. The smallest absolute Gasteiger partial charge is 0.342 e. The van der Waals surface area contributed by atoms with Crippen LogP contribution < -0.4 is 10.0 Å². The second-order valence-electron chi connectivity index (χ2n) is 5.36. The summed E-state index contributed by atoms with van der Waals surface area (Å²) >= 11 is 0. The van der Waals surface area contributed by atoms with Crippen molar-refractivity contribution in [1.29, 1.82) is 0 Å². The van der Waals surface area contributed by atoms with Gasteiger partial charge in [0.15, 0.2) is 5.03 Å². The van der Waals surface area contributed by atoms with Crippen LogP contribution in [0.3, 0.4) is 0 Å². The highest BCUT2D eigenvalue weighted by Crippen LogP contribution is 2.18. The fourth-order valence-corrected chi connectivity index (χ4v) is 3.64. The van der Waals surface area contributed by atoms with Gasteiger partial charge in [-0.2, -0.15) is 5.10 Å². The fraction of sp³-hybridized carbons (Fsp3) is 0.333. The summed E-state index contributed by atoms with van der Waals surface area (Å²) in [4.78, 5) is 11.8. The zero-order chi connectivity index (χ0) is 17.2. The van der Waals surface area contributed by atoms with E-state index in [0.29, 0.717) is 0 Å². The lowest BCUT2D eigenvalue weighted by molar-refractivity contribution is 0.0522. The van der Waals surface area contributed by atoms with Gasteiger partial charge in [0.05, 0.1) is 12.8 Å². The molecule has 0 aliphatic carbocycles. The number of fused-ring (bicyclic) bond motifs is 1. The minimum Gasteiger partial charge on any atom is -0.462 e. The molecule has 0 unspecified atom stereocenters. The maximum Gasteiger partial charge on any atom is 0.342 e. The van der Waals surface area contributed by atoms with E-state index in [0.717, 1.165) is 24.8 Å². The zero-order valence-corrected chi connectivity index (χ0v) is 13.9. The minimum atomic E-state index is -3.91. The van der Waals surface area contributed by atoms with Crippen molar-refractivity contribution in [3.63, 3.8) is 0 Å². The monoisotopic (exact) mass is 350 g/mol. The summed E-state index contributed by atoms with van der Waals surface area (Å²) in [6.07, 6.45) is 1.15. The molecule has 128 valence electrons. The predicted octanol–water partition coefficient (Wildman–Crippen LogP) is 0.668. The second kappa shape index (κ2) is 6.71. The Balaban J connectivity index is 1.75. The molecule has 3 N–H and O–H groups in total. The molecule has 24 heavy (non-hydrogen) atoms. The third kappa shape index (κ3) is 3.32. The topological polar surface area (TPSA) is 113 Å². The number of rotatable bonds is 6. The summed E-state index contributed by atoms with van der Waals surface area (Å²) in [5, 5.41) is 8.94. The first-order valence-electron chi connectivity index (χ1n) is 7.53. The van der Waals surface area contributed by atoms with Crippen molar-refractivity contribution in [2.45, 2.75) is 31.6 Å². The van der Waals surface area contributed by atoms with E-state index >= 15 is 0 Å². The van der Waals surface area contributed by atoms with Gasteiger partial charge in [-0.1, -0.05) is 18.2 Å². The SMILES string of the molecule is CCOC(=O)c1cn[nH]c1S(=O)(=O)NCc1ccc2c(c1)CNC2. The molecule has 0 spiro atoms. The highest BCUT2D eigenvalue weighted by atomic mass is 32.2. The average Bonchev–Trinajstić information content (AvgIpc) is 3.22. The van der Waals surface area contributed by atoms with Crippen LogP contribution in [0.2, 0.25) is 0 Å². The largest absolute Gasteiger partial charge is 0.462 e. The van der Waals surface area contributed by atoms with Gasteiger partial charge < -0.3 is 10.1 Å². The van der Waals surface area contributed by atoms with Gasteiger partial charge in [-0.25, -0.2) is 17.9 Å². The molecule has 0 fully saturated rings. The fourth-order valence-electron chi connectivity index (χ4n) is 2.54. The Labute approximate surface area is 139 Å².